The highest BCUT2D eigenvalue weighted by molar-refractivity contribution is 5.28. The van der Waals surface area contributed by atoms with E-state index in [1.54, 1.807) is 5.56 Å². The predicted octanol–water partition coefficient (Wildman–Crippen LogP) is 5.71. The third-order valence-electron chi connectivity index (χ3n) is 5.48. The van der Waals surface area contributed by atoms with E-state index in [9.17, 15) is 0 Å². The van der Waals surface area contributed by atoms with Crippen LogP contribution in [0.1, 0.15) is 71.3 Å². The normalized spacial score (nSPS) is 21.7. The van der Waals surface area contributed by atoms with Crippen molar-refractivity contribution in [1.29, 1.82) is 0 Å². The molecule has 1 aliphatic rings. The largest absolute Gasteiger partial charge is 0.0654 e. The van der Waals surface area contributed by atoms with Gasteiger partial charge in [0.05, 0.1) is 0 Å². The molecule has 0 heteroatoms. The molecule has 0 aromatic heterocycles. The number of rotatable bonds is 5. The molecule has 0 amide bonds. The number of unbranched alkanes of at least 4 members (excludes halogenated alkanes) is 1. The minimum atomic E-state index is 0.362. The van der Waals surface area contributed by atoms with E-state index >= 15 is 0 Å². The Hall–Kier alpha value is -0.780. The molecule has 1 aliphatic carbocycles. The van der Waals surface area contributed by atoms with E-state index in [0.717, 1.165) is 0 Å². The Bertz CT molecular complexity index is 359. The zero-order valence-electron chi connectivity index (χ0n) is 12.3. The van der Waals surface area contributed by atoms with Crippen LogP contribution in [0, 0.1) is 5.41 Å². The fourth-order valence-electron chi connectivity index (χ4n) is 3.84. The lowest BCUT2D eigenvalue weighted by atomic mass is 9.59. The van der Waals surface area contributed by atoms with E-state index in [-0.39, 0.29) is 0 Å². The van der Waals surface area contributed by atoms with E-state index in [1.807, 2.05) is 0 Å². The van der Waals surface area contributed by atoms with Gasteiger partial charge < -0.3 is 0 Å². The maximum Gasteiger partial charge on any atom is -0.00215 e. The molecule has 0 N–H and O–H groups in total. The minimum absolute atomic E-state index is 0.362. The van der Waals surface area contributed by atoms with E-state index in [4.69, 9.17) is 0 Å². The monoisotopic (exact) mass is 244 g/mol. The highest BCUT2D eigenvalue weighted by atomic mass is 14.5. The Morgan fingerprint density at radius 3 is 2.28 bits per heavy atom. The Kier molecular flexibility index (Phi) is 4.14. The molecule has 0 nitrogen and oxygen atoms in total. The van der Waals surface area contributed by atoms with Crippen LogP contribution in [0.4, 0.5) is 0 Å². The molecule has 0 radical (unpaired) electrons. The van der Waals surface area contributed by atoms with Crippen molar-refractivity contribution in [3.63, 3.8) is 0 Å². The van der Waals surface area contributed by atoms with Gasteiger partial charge in [0.15, 0.2) is 0 Å². The summed E-state index contributed by atoms with van der Waals surface area (Å²) in [4.78, 5) is 0. The first-order chi connectivity index (χ1) is 8.62. The SMILES string of the molecule is CCCC[C@](C)(c1ccccc1)C1(C)CCCC1. The second kappa shape index (κ2) is 5.47. The maximum absolute atomic E-state index is 2.53. The van der Waals surface area contributed by atoms with Gasteiger partial charge in [0.2, 0.25) is 0 Å². The van der Waals surface area contributed by atoms with Crippen LogP contribution in [-0.4, -0.2) is 0 Å². The van der Waals surface area contributed by atoms with Crippen LogP contribution in [0.5, 0.6) is 0 Å². The average Bonchev–Trinajstić information content (AvgIpc) is 2.85. The zero-order valence-corrected chi connectivity index (χ0v) is 12.3. The second-order valence-corrected chi connectivity index (χ2v) is 6.57. The van der Waals surface area contributed by atoms with Gasteiger partial charge in [-0.2, -0.15) is 0 Å². The van der Waals surface area contributed by atoms with Gasteiger partial charge in [-0.25, -0.2) is 0 Å². The zero-order chi connectivity index (χ0) is 13.1. The molecule has 0 bridgehead atoms. The van der Waals surface area contributed by atoms with Crippen molar-refractivity contribution in [1.82, 2.24) is 0 Å². The van der Waals surface area contributed by atoms with Gasteiger partial charge in [-0.05, 0) is 35.7 Å². The third kappa shape index (κ3) is 2.35. The molecule has 1 aromatic carbocycles. The summed E-state index contributed by atoms with van der Waals surface area (Å²) in [5.74, 6) is 0. The predicted molar refractivity (Wildman–Crippen MR) is 79.9 cm³/mol. The Morgan fingerprint density at radius 2 is 1.72 bits per heavy atom. The first kappa shape index (κ1) is 13.6. The topological polar surface area (TPSA) is 0 Å². The Morgan fingerprint density at radius 1 is 1.11 bits per heavy atom. The van der Waals surface area contributed by atoms with Crippen molar-refractivity contribution in [2.75, 3.05) is 0 Å². The maximum atomic E-state index is 2.53. The van der Waals surface area contributed by atoms with Crippen molar-refractivity contribution in [3.8, 4) is 0 Å². The average molecular weight is 244 g/mol. The quantitative estimate of drug-likeness (QED) is 0.622. The molecule has 0 aliphatic heterocycles. The van der Waals surface area contributed by atoms with Crippen molar-refractivity contribution < 1.29 is 0 Å². The smallest absolute Gasteiger partial charge is 0.00215 e. The molecule has 1 saturated carbocycles. The van der Waals surface area contributed by atoms with E-state index in [0.29, 0.717) is 10.8 Å². The summed E-state index contributed by atoms with van der Waals surface area (Å²) in [6.07, 6.45) is 9.64. The van der Waals surface area contributed by atoms with Crippen LogP contribution < -0.4 is 0 Å². The van der Waals surface area contributed by atoms with Gasteiger partial charge in [0.1, 0.15) is 0 Å². The summed E-state index contributed by atoms with van der Waals surface area (Å²) in [5.41, 5.74) is 2.42. The van der Waals surface area contributed by atoms with Crippen molar-refractivity contribution in [2.24, 2.45) is 5.41 Å². The van der Waals surface area contributed by atoms with Gasteiger partial charge in [-0.1, -0.05) is 76.8 Å². The van der Waals surface area contributed by atoms with Gasteiger partial charge in [-0.3, -0.25) is 0 Å². The van der Waals surface area contributed by atoms with Gasteiger partial charge in [-0.15, -0.1) is 0 Å². The lowest BCUT2D eigenvalue weighted by Crippen LogP contribution is -2.39. The minimum Gasteiger partial charge on any atom is -0.0654 e. The number of benzene rings is 1. The van der Waals surface area contributed by atoms with Crippen molar-refractivity contribution in [3.05, 3.63) is 35.9 Å². The number of hydrogen-bond acceptors (Lipinski definition) is 0. The Labute approximate surface area is 113 Å². The molecule has 0 unspecified atom stereocenters. The van der Waals surface area contributed by atoms with Crippen molar-refractivity contribution in [2.45, 2.75) is 71.1 Å². The summed E-state index contributed by atoms with van der Waals surface area (Å²) >= 11 is 0. The molecule has 1 aromatic rings. The molecular weight excluding hydrogens is 216 g/mol. The van der Waals surface area contributed by atoms with E-state index in [1.165, 1.54) is 44.9 Å². The van der Waals surface area contributed by atoms with Gasteiger partial charge in [0, 0.05) is 0 Å². The van der Waals surface area contributed by atoms with Crippen LogP contribution in [0.25, 0.3) is 0 Å². The standard InChI is InChI=1S/C18H28/c1-4-5-15-18(3,16-11-7-6-8-12-16)17(2)13-9-10-14-17/h6-8,11-12H,4-5,9-10,13-15H2,1-3H3/t18-/m1/s1. The molecule has 2 rings (SSSR count). The van der Waals surface area contributed by atoms with Crippen LogP contribution in [-0.2, 0) is 5.41 Å². The van der Waals surface area contributed by atoms with Crippen LogP contribution in [0.2, 0.25) is 0 Å². The summed E-state index contributed by atoms with van der Waals surface area (Å²) in [6, 6.07) is 11.2. The summed E-state index contributed by atoms with van der Waals surface area (Å²) in [5, 5.41) is 0. The van der Waals surface area contributed by atoms with Gasteiger partial charge in [0.25, 0.3) is 0 Å². The highest BCUT2D eigenvalue weighted by Crippen LogP contribution is 2.54. The van der Waals surface area contributed by atoms with Crippen LogP contribution >= 0.6 is 0 Å². The molecule has 100 valence electrons. The number of hydrogen-bond donors (Lipinski definition) is 0. The molecule has 1 fully saturated rings. The lowest BCUT2D eigenvalue weighted by molar-refractivity contribution is 0.145. The second-order valence-electron chi connectivity index (χ2n) is 6.57. The first-order valence-electron chi connectivity index (χ1n) is 7.68. The van der Waals surface area contributed by atoms with E-state index < -0.39 is 0 Å². The summed E-state index contributed by atoms with van der Waals surface area (Å²) in [6.45, 7) is 7.36. The fraction of sp³-hybridized carbons (Fsp3) is 0.667. The molecule has 18 heavy (non-hydrogen) atoms. The van der Waals surface area contributed by atoms with Crippen LogP contribution in [0.15, 0.2) is 30.3 Å². The third-order valence-corrected chi connectivity index (χ3v) is 5.48. The molecule has 0 spiro atoms. The first-order valence-corrected chi connectivity index (χ1v) is 7.68. The van der Waals surface area contributed by atoms with Crippen molar-refractivity contribution >= 4 is 0 Å². The molecule has 1 atom stereocenters. The van der Waals surface area contributed by atoms with E-state index in [2.05, 4.69) is 51.1 Å². The molecular formula is C18H28. The summed E-state index contributed by atoms with van der Waals surface area (Å²) < 4.78 is 0. The van der Waals surface area contributed by atoms with Crippen LogP contribution in [0.3, 0.4) is 0 Å². The Balaban J connectivity index is 2.34. The fourth-order valence-corrected chi connectivity index (χ4v) is 3.84. The lowest BCUT2D eigenvalue weighted by Gasteiger charge is -2.45. The summed E-state index contributed by atoms with van der Waals surface area (Å²) in [7, 11) is 0. The molecule has 0 heterocycles. The van der Waals surface area contributed by atoms with Gasteiger partial charge >= 0.3 is 0 Å². The molecule has 0 saturated heterocycles. The highest BCUT2D eigenvalue weighted by Gasteiger charge is 2.46.